The summed E-state index contributed by atoms with van der Waals surface area (Å²) in [5.74, 6) is 1.45. The number of ketones is 1. The fourth-order valence-electron chi connectivity index (χ4n) is 2.20. The van der Waals surface area contributed by atoms with Gasteiger partial charge in [0.1, 0.15) is 5.78 Å². The van der Waals surface area contributed by atoms with Crippen LogP contribution in [0.4, 0.5) is 0 Å². The quantitative estimate of drug-likeness (QED) is 0.479. The molecule has 13 heavy (non-hydrogen) atoms. The second kappa shape index (κ2) is 5.21. The number of unbranched alkanes of at least 4 members (excludes halogenated alkanes) is 1. The molecular formula is C12H20O. The van der Waals surface area contributed by atoms with E-state index in [1.165, 1.54) is 19.3 Å². The van der Waals surface area contributed by atoms with Gasteiger partial charge in [0, 0.05) is 12.3 Å². The Kier molecular flexibility index (Phi) is 4.20. The monoisotopic (exact) mass is 180 g/mol. The van der Waals surface area contributed by atoms with Gasteiger partial charge in [0.05, 0.1) is 0 Å². The van der Waals surface area contributed by atoms with Crippen molar-refractivity contribution < 1.29 is 4.79 Å². The smallest absolute Gasteiger partial charge is 0.135 e. The van der Waals surface area contributed by atoms with Crippen LogP contribution in [-0.2, 0) is 4.79 Å². The maximum atomic E-state index is 11.4. The predicted molar refractivity (Wildman–Crippen MR) is 55.6 cm³/mol. The highest BCUT2D eigenvalue weighted by atomic mass is 16.1. The van der Waals surface area contributed by atoms with Crippen molar-refractivity contribution in [3.63, 3.8) is 0 Å². The minimum Gasteiger partial charge on any atom is -0.299 e. The molecular weight excluding hydrogens is 160 g/mol. The van der Waals surface area contributed by atoms with Crippen molar-refractivity contribution >= 4 is 5.78 Å². The average Bonchev–Trinajstić information content (AvgIpc) is 2.13. The van der Waals surface area contributed by atoms with Crippen LogP contribution in [0.1, 0.15) is 45.4 Å². The number of Topliss-reactive ketones (excluding diaryl/α,β-unsaturated/α-hetero) is 1. The Labute approximate surface area is 81.2 Å². The van der Waals surface area contributed by atoms with Crippen LogP contribution in [0.2, 0.25) is 0 Å². The maximum Gasteiger partial charge on any atom is 0.135 e. The first-order valence-electron chi connectivity index (χ1n) is 5.39. The summed E-state index contributed by atoms with van der Waals surface area (Å²) in [4.78, 5) is 11.4. The Morgan fingerprint density at radius 3 is 3.08 bits per heavy atom. The van der Waals surface area contributed by atoms with Crippen molar-refractivity contribution in [1.82, 2.24) is 0 Å². The molecule has 1 aliphatic rings. The van der Waals surface area contributed by atoms with E-state index in [4.69, 9.17) is 0 Å². The zero-order valence-electron chi connectivity index (χ0n) is 8.59. The van der Waals surface area contributed by atoms with E-state index in [0.29, 0.717) is 17.6 Å². The molecule has 74 valence electrons. The van der Waals surface area contributed by atoms with Crippen LogP contribution in [-0.4, -0.2) is 5.78 Å². The fraction of sp³-hybridized carbons (Fsp3) is 0.750. The first-order chi connectivity index (χ1) is 6.25. The minimum absolute atomic E-state index is 0.318. The van der Waals surface area contributed by atoms with Crippen LogP contribution in [0.5, 0.6) is 0 Å². The molecule has 2 atom stereocenters. The number of rotatable bonds is 4. The molecule has 0 amide bonds. The number of hydrogen-bond donors (Lipinski definition) is 0. The Morgan fingerprint density at radius 1 is 1.62 bits per heavy atom. The van der Waals surface area contributed by atoms with Crippen LogP contribution < -0.4 is 0 Å². The molecule has 1 aliphatic carbocycles. The molecule has 1 fully saturated rings. The molecule has 0 N–H and O–H groups in total. The Morgan fingerprint density at radius 2 is 2.38 bits per heavy atom. The van der Waals surface area contributed by atoms with E-state index in [1.807, 2.05) is 6.08 Å². The summed E-state index contributed by atoms with van der Waals surface area (Å²) >= 11 is 0. The molecule has 1 rings (SSSR count). The van der Waals surface area contributed by atoms with E-state index in [2.05, 4.69) is 13.5 Å². The highest BCUT2D eigenvalue weighted by Gasteiger charge is 2.26. The molecule has 0 spiro atoms. The molecule has 1 nitrogen and oxygen atoms in total. The lowest BCUT2D eigenvalue weighted by atomic mass is 9.77. The molecule has 0 bridgehead atoms. The number of hydrogen-bond acceptors (Lipinski definition) is 1. The van der Waals surface area contributed by atoms with Crippen LogP contribution in [0.25, 0.3) is 0 Å². The fourth-order valence-corrected chi connectivity index (χ4v) is 2.20. The van der Waals surface area contributed by atoms with Crippen LogP contribution >= 0.6 is 0 Å². The lowest BCUT2D eigenvalue weighted by Crippen LogP contribution is -2.25. The molecule has 0 radical (unpaired) electrons. The van der Waals surface area contributed by atoms with Gasteiger partial charge in [-0.3, -0.25) is 4.79 Å². The van der Waals surface area contributed by atoms with E-state index in [-0.39, 0.29) is 0 Å². The molecule has 0 heterocycles. The molecule has 0 aromatic carbocycles. The Hall–Kier alpha value is -0.590. The predicted octanol–water partition coefficient (Wildman–Crippen LogP) is 3.35. The maximum absolute atomic E-state index is 11.4. The SMILES string of the molecule is C=CCCC[C@H]1CCCC(=O)[C@H]1C. The highest BCUT2D eigenvalue weighted by Crippen LogP contribution is 2.30. The van der Waals surface area contributed by atoms with Gasteiger partial charge in [-0.25, -0.2) is 0 Å². The van der Waals surface area contributed by atoms with E-state index in [0.717, 1.165) is 19.3 Å². The van der Waals surface area contributed by atoms with Gasteiger partial charge in [-0.15, -0.1) is 6.58 Å². The van der Waals surface area contributed by atoms with Crippen molar-refractivity contribution in [3.05, 3.63) is 12.7 Å². The van der Waals surface area contributed by atoms with Crippen molar-refractivity contribution in [3.8, 4) is 0 Å². The average molecular weight is 180 g/mol. The molecule has 1 heteroatoms. The van der Waals surface area contributed by atoms with Gasteiger partial charge in [-0.2, -0.15) is 0 Å². The second-order valence-electron chi connectivity index (χ2n) is 4.13. The summed E-state index contributed by atoms with van der Waals surface area (Å²) in [5.41, 5.74) is 0. The Balaban J connectivity index is 2.30. The first-order valence-corrected chi connectivity index (χ1v) is 5.39. The molecule has 0 aromatic heterocycles. The topological polar surface area (TPSA) is 17.1 Å². The summed E-state index contributed by atoms with van der Waals surface area (Å²) in [5, 5.41) is 0. The van der Waals surface area contributed by atoms with Crippen molar-refractivity contribution in [2.45, 2.75) is 45.4 Å². The van der Waals surface area contributed by atoms with Gasteiger partial charge in [-0.1, -0.05) is 13.0 Å². The standard InChI is InChI=1S/C12H20O/c1-3-4-5-7-11-8-6-9-12(13)10(11)2/h3,10-11H,1,4-9H2,2H3/t10-,11-/m0/s1. The third-order valence-corrected chi connectivity index (χ3v) is 3.20. The third kappa shape index (κ3) is 2.98. The number of allylic oxidation sites excluding steroid dienone is 1. The molecule has 0 aliphatic heterocycles. The minimum atomic E-state index is 0.318. The lowest BCUT2D eigenvalue weighted by molar-refractivity contribution is -0.126. The number of carbonyl (C=O) groups is 1. The normalized spacial score (nSPS) is 28.8. The van der Waals surface area contributed by atoms with Gasteiger partial charge < -0.3 is 0 Å². The van der Waals surface area contributed by atoms with E-state index < -0.39 is 0 Å². The third-order valence-electron chi connectivity index (χ3n) is 3.20. The van der Waals surface area contributed by atoms with Gasteiger partial charge in [-0.05, 0) is 38.0 Å². The van der Waals surface area contributed by atoms with Gasteiger partial charge in [0.25, 0.3) is 0 Å². The lowest BCUT2D eigenvalue weighted by Gasteiger charge is -2.27. The Bertz CT molecular complexity index is 184. The van der Waals surface area contributed by atoms with Crippen molar-refractivity contribution in [2.75, 3.05) is 0 Å². The van der Waals surface area contributed by atoms with Crippen molar-refractivity contribution in [1.29, 1.82) is 0 Å². The van der Waals surface area contributed by atoms with Gasteiger partial charge in [0.15, 0.2) is 0 Å². The van der Waals surface area contributed by atoms with Crippen LogP contribution in [0, 0.1) is 11.8 Å². The molecule has 0 unspecified atom stereocenters. The second-order valence-corrected chi connectivity index (χ2v) is 4.13. The zero-order chi connectivity index (χ0) is 9.68. The highest BCUT2D eigenvalue weighted by molar-refractivity contribution is 5.81. The van der Waals surface area contributed by atoms with E-state index >= 15 is 0 Å². The first kappa shape index (κ1) is 10.5. The summed E-state index contributed by atoms with van der Waals surface area (Å²) < 4.78 is 0. The summed E-state index contributed by atoms with van der Waals surface area (Å²) in [6.07, 6.45) is 8.66. The van der Waals surface area contributed by atoms with E-state index in [1.54, 1.807) is 0 Å². The summed E-state index contributed by atoms with van der Waals surface area (Å²) in [6.45, 7) is 5.81. The largest absolute Gasteiger partial charge is 0.299 e. The van der Waals surface area contributed by atoms with Gasteiger partial charge in [0.2, 0.25) is 0 Å². The summed E-state index contributed by atoms with van der Waals surface area (Å²) in [6, 6.07) is 0. The van der Waals surface area contributed by atoms with Gasteiger partial charge >= 0.3 is 0 Å². The van der Waals surface area contributed by atoms with Crippen LogP contribution in [0.3, 0.4) is 0 Å². The number of carbonyl (C=O) groups excluding carboxylic acids is 1. The molecule has 0 aromatic rings. The van der Waals surface area contributed by atoms with Crippen molar-refractivity contribution in [2.24, 2.45) is 11.8 Å². The van der Waals surface area contributed by atoms with E-state index in [9.17, 15) is 4.79 Å². The molecule has 1 saturated carbocycles. The molecule has 0 saturated heterocycles. The zero-order valence-corrected chi connectivity index (χ0v) is 8.59. The van der Waals surface area contributed by atoms with Crippen LogP contribution in [0.15, 0.2) is 12.7 Å². The summed E-state index contributed by atoms with van der Waals surface area (Å²) in [7, 11) is 0.